The van der Waals surface area contributed by atoms with Gasteiger partial charge in [0.05, 0.1) is 29.7 Å². The Hall–Kier alpha value is -4.79. The molecule has 0 radical (unpaired) electrons. The topological polar surface area (TPSA) is 119 Å². The van der Waals surface area contributed by atoms with E-state index < -0.39 is 47.1 Å². The number of pyridine rings is 2. The third kappa shape index (κ3) is 5.16. The van der Waals surface area contributed by atoms with Gasteiger partial charge in [-0.2, -0.15) is 5.26 Å². The molecule has 12 heteroatoms. The standard InChI is InChI=1S/C32H29F3N6O3/c33-22-16-24(19-37-18-22)41(29(43)26-5-6-28(42)40(26)27-15-20(17-36)10-14-38-27)32(13-7-21-3-1-2-4-25(21)32)30(44)39-23-8-11-31(34,35)12-9-23/h1-4,10,14-16,18-19,23,26H,5-9,11-13H2,(H,39,44)/t26-,32-/m0/s1. The average molecular weight is 603 g/mol. The Morgan fingerprint density at radius 1 is 1.05 bits per heavy atom. The Morgan fingerprint density at radius 3 is 2.57 bits per heavy atom. The number of halogens is 3. The van der Waals surface area contributed by atoms with Crippen LogP contribution < -0.4 is 15.1 Å². The highest BCUT2D eigenvalue weighted by atomic mass is 19.3. The predicted octanol–water partition coefficient (Wildman–Crippen LogP) is 4.55. The number of hydrogen-bond donors (Lipinski definition) is 1. The van der Waals surface area contributed by atoms with Gasteiger partial charge in [-0.15, -0.1) is 0 Å². The van der Waals surface area contributed by atoms with Gasteiger partial charge >= 0.3 is 0 Å². The van der Waals surface area contributed by atoms with Crippen LogP contribution in [-0.4, -0.2) is 45.7 Å². The van der Waals surface area contributed by atoms with Crippen LogP contribution in [0.4, 0.5) is 24.7 Å². The van der Waals surface area contributed by atoms with Crippen LogP contribution in [0.2, 0.25) is 0 Å². The number of carbonyl (C=O) groups is 3. The summed E-state index contributed by atoms with van der Waals surface area (Å²) in [5.74, 6) is -5.05. The molecule has 3 aliphatic rings. The highest BCUT2D eigenvalue weighted by Crippen LogP contribution is 2.46. The smallest absolute Gasteiger partial charge is 0.251 e. The zero-order valence-corrected chi connectivity index (χ0v) is 23.7. The van der Waals surface area contributed by atoms with Crippen molar-refractivity contribution in [2.24, 2.45) is 0 Å². The minimum absolute atomic E-state index is 0.00932. The minimum Gasteiger partial charge on any atom is -0.351 e. The number of nitriles is 1. The van der Waals surface area contributed by atoms with Gasteiger partial charge in [0.1, 0.15) is 17.7 Å². The van der Waals surface area contributed by atoms with Crippen molar-refractivity contribution in [3.8, 4) is 6.07 Å². The molecule has 1 saturated heterocycles. The number of aryl methyl sites for hydroxylation is 1. The van der Waals surface area contributed by atoms with Crippen LogP contribution >= 0.6 is 0 Å². The zero-order chi connectivity index (χ0) is 31.1. The van der Waals surface area contributed by atoms with E-state index in [1.165, 1.54) is 34.3 Å². The van der Waals surface area contributed by atoms with E-state index in [2.05, 4.69) is 15.3 Å². The lowest BCUT2D eigenvalue weighted by molar-refractivity contribution is -0.132. The molecule has 1 N–H and O–H groups in total. The Kier molecular flexibility index (Phi) is 7.57. The largest absolute Gasteiger partial charge is 0.351 e. The van der Waals surface area contributed by atoms with Crippen molar-refractivity contribution in [1.82, 2.24) is 15.3 Å². The van der Waals surface area contributed by atoms with Crippen LogP contribution in [0.15, 0.2) is 61.1 Å². The lowest BCUT2D eigenvalue weighted by Gasteiger charge is -2.43. The molecule has 226 valence electrons. The van der Waals surface area contributed by atoms with Crippen molar-refractivity contribution >= 4 is 29.2 Å². The van der Waals surface area contributed by atoms with Gasteiger partial charge in [-0.3, -0.25) is 29.2 Å². The molecule has 3 amide bonds. The van der Waals surface area contributed by atoms with Crippen molar-refractivity contribution in [2.75, 3.05) is 9.80 Å². The van der Waals surface area contributed by atoms with Gasteiger partial charge in [-0.1, -0.05) is 24.3 Å². The van der Waals surface area contributed by atoms with Gasteiger partial charge in [0.2, 0.25) is 11.8 Å². The predicted molar refractivity (Wildman–Crippen MR) is 153 cm³/mol. The summed E-state index contributed by atoms with van der Waals surface area (Å²) in [5, 5.41) is 12.4. The van der Waals surface area contributed by atoms with E-state index in [0.29, 0.717) is 12.0 Å². The summed E-state index contributed by atoms with van der Waals surface area (Å²) < 4.78 is 42.6. The van der Waals surface area contributed by atoms with E-state index in [1.54, 1.807) is 12.1 Å². The van der Waals surface area contributed by atoms with Crippen LogP contribution in [-0.2, 0) is 26.3 Å². The highest BCUT2D eigenvalue weighted by molar-refractivity contribution is 6.12. The number of carbonyl (C=O) groups excluding carboxylic acids is 3. The first-order valence-corrected chi connectivity index (χ1v) is 14.5. The molecule has 2 fully saturated rings. The average Bonchev–Trinajstić information content (AvgIpc) is 3.60. The molecule has 1 aromatic carbocycles. The lowest BCUT2D eigenvalue weighted by Crippen LogP contribution is -2.62. The molecule has 3 aromatic rings. The van der Waals surface area contributed by atoms with E-state index in [-0.39, 0.29) is 62.0 Å². The molecule has 0 bridgehead atoms. The summed E-state index contributed by atoms with van der Waals surface area (Å²) in [6.07, 6.45) is 3.67. The Balaban J connectivity index is 1.47. The molecule has 2 aliphatic carbocycles. The molecule has 3 heterocycles. The molecule has 0 unspecified atom stereocenters. The second kappa shape index (κ2) is 11.4. The number of alkyl halides is 2. The van der Waals surface area contributed by atoms with Gasteiger partial charge in [-0.05, 0) is 55.4 Å². The number of benzene rings is 1. The molecule has 2 atom stereocenters. The van der Waals surface area contributed by atoms with Gasteiger partial charge in [0, 0.05) is 37.6 Å². The summed E-state index contributed by atoms with van der Waals surface area (Å²) in [5.41, 5.74) is -0.109. The quantitative estimate of drug-likeness (QED) is 0.442. The van der Waals surface area contributed by atoms with Gasteiger partial charge in [0.25, 0.3) is 11.8 Å². The third-order valence-corrected chi connectivity index (χ3v) is 8.82. The number of nitrogens with zero attached hydrogens (tertiary/aromatic N) is 5. The first kappa shape index (κ1) is 29.3. The summed E-state index contributed by atoms with van der Waals surface area (Å²) >= 11 is 0. The van der Waals surface area contributed by atoms with E-state index >= 15 is 0 Å². The van der Waals surface area contributed by atoms with Gasteiger partial charge in [-0.25, -0.2) is 18.2 Å². The monoisotopic (exact) mass is 602 g/mol. The maximum Gasteiger partial charge on any atom is 0.251 e. The SMILES string of the molecule is N#Cc1ccnc(N2C(=O)CC[C@H]2C(=O)N(c2cncc(F)c2)[C@@]2(C(=O)NC3CCC(F)(F)CC3)CCc3ccccc32)c1. The zero-order valence-electron chi connectivity index (χ0n) is 23.7. The number of amides is 3. The van der Waals surface area contributed by atoms with Crippen molar-refractivity contribution in [1.29, 1.82) is 5.26 Å². The molecule has 1 saturated carbocycles. The second-order valence-electron chi connectivity index (χ2n) is 11.5. The van der Waals surface area contributed by atoms with Crippen LogP contribution in [0.25, 0.3) is 0 Å². The van der Waals surface area contributed by atoms with Crippen LogP contribution in [0.3, 0.4) is 0 Å². The van der Waals surface area contributed by atoms with Crippen molar-refractivity contribution in [3.63, 3.8) is 0 Å². The lowest BCUT2D eigenvalue weighted by atomic mass is 9.85. The molecule has 0 spiro atoms. The first-order chi connectivity index (χ1) is 21.1. The van der Waals surface area contributed by atoms with Crippen LogP contribution in [0.5, 0.6) is 0 Å². The van der Waals surface area contributed by atoms with E-state index in [4.69, 9.17) is 0 Å². The molecule has 9 nitrogen and oxygen atoms in total. The van der Waals surface area contributed by atoms with E-state index in [0.717, 1.165) is 17.8 Å². The van der Waals surface area contributed by atoms with Crippen molar-refractivity contribution in [3.05, 3.63) is 83.6 Å². The van der Waals surface area contributed by atoms with E-state index in [1.807, 2.05) is 18.2 Å². The number of aromatic nitrogens is 2. The fourth-order valence-corrected chi connectivity index (χ4v) is 6.68. The third-order valence-electron chi connectivity index (χ3n) is 8.82. The Morgan fingerprint density at radius 2 is 1.82 bits per heavy atom. The fraction of sp³-hybridized carbons (Fsp3) is 0.375. The summed E-state index contributed by atoms with van der Waals surface area (Å²) in [4.78, 5) is 53.2. The second-order valence-corrected chi connectivity index (χ2v) is 11.5. The van der Waals surface area contributed by atoms with Gasteiger partial charge < -0.3 is 5.32 Å². The maximum absolute atomic E-state index is 14.8. The molecular weight excluding hydrogens is 573 g/mol. The number of hydrogen-bond acceptors (Lipinski definition) is 6. The Labute approximate surface area is 251 Å². The molecular formula is C32H29F3N6O3. The molecule has 6 rings (SSSR count). The summed E-state index contributed by atoms with van der Waals surface area (Å²) in [6.45, 7) is 0. The van der Waals surface area contributed by atoms with Crippen LogP contribution in [0.1, 0.15) is 61.6 Å². The maximum atomic E-state index is 14.8. The highest BCUT2D eigenvalue weighted by Gasteiger charge is 2.55. The minimum atomic E-state index is -2.80. The fourth-order valence-electron chi connectivity index (χ4n) is 6.68. The van der Waals surface area contributed by atoms with Crippen LogP contribution in [0, 0.1) is 17.1 Å². The number of nitrogens with one attached hydrogen (secondary N) is 1. The molecule has 2 aromatic heterocycles. The Bertz CT molecular complexity index is 1670. The van der Waals surface area contributed by atoms with Crippen molar-refractivity contribution < 1.29 is 27.6 Å². The number of rotatable bonds is 6. The van der Waals surface area contributed by atoms with E-state index in [9.17, 15) is 32.8 Å². The first-order valence-electron chi connectivity index (χ1n) is 14.5. The summed E-state index contributed by atoms with van der Waals surface area (Å²) in [7, 11) is 0. The van der Waals surface area contributed by atoms with Gasteiger partial charge in [0.15, 0.2) is 5.54 Å². The number of fused-ring (bicyclic) bond motifs is 1. The molecule has 44 heavy (non-hydrogen) atoms. The summed E-state index contributed by atoms with van der Waals surface area (Å²) in [6, 6.07) is 11.5. The molecule has 1 aliphatic heterocycles. The normalized spacial score (nSPS) is 22.7. The van der Waals surface area contributed by atoms with Crippen molar-refractivity contribution in [2.45, 2.75) is 74.9 Å². The number of anilines is 2.